The average molecular weight is 666 g/mol. The fourth-order valence-electron chi connectivity index (χ4n) is 9.77. The summed E-state index contributed by atoms with van der Waals surface area (Å²) in [4.78, 5) is 2.45. The van der Waals surface area contributed by atoms with Crippen molar-refractivity contribution in [3.05, 3.63) is 28.3 Å². The molecule has 8 atom stereocenters. The van der Waals surface area contributed by atoms with Gasteiger partial charge in [-0.3, -0.25) is 0 Å². The minimum Gasteiger partial charge on any atom is -0.506 e. The van der Waals surface area contributed by atoms with Crippen LogP contribution in [-0.2, 0) is 6.42 Å². The summed E-state index contributed by atoms with van der Waals surface area (Å²) in [6.45, 7) is 5.87. The van der Waals surface area contributed by atoms with E-state index < -0.39 is 35.7 Å². The largest absolute Gasteiger partial charge is 0.506 e. The third-order valence-electron chi connectivity index (χ3n) is 12.5. The van der Waals surface area contributed by atoms with Crippen LogP contribution in [0.5, 0.6) is 5.75 Å². The van der Waals surface area contributed by atoms with E-state index in [9.17, 15) is 32.2 Å². The molecule has 1 saturated heterocycles. The van der Waals surface area contributed by atoms with Crippen molar-refractivity contribution in [3.63, 3.8) is 0 Å². The molecule has 0 amide bonds. The monoisotopic (exact) mass is 665 g/mol. The lowest BCUT2D eigenvalue weighted by atomic mass is 9.50. The predicted molar refractivity (Wildman–Crippen MR) is 165 cm³/mol. The van der Waals surface area contributed by atoms with Gasteiger partial charge in [0.2, 0.25) is 0 Å². The van der Waals surface area contributed by atoms with Crippen molar-refractivity contribution >= 4 is 11.6 Å². The highest BCUT2D eigenvalue weighted by molar-refractivity contribution is 6.32. The van der Waals surface area contributed by atoms with Crippen LogP contribution in [0.3, 0.4) is 0 Å². The van der Waals surface area contributed by atoms with Crippen LogP contribution in [0.4, 0.5) is 26.3 Å². The fraction of sp³-hybridized carbons (Fsp3) is 0.829. The van der Waals surface area contributed by atoms with Crippen LogP contribution >= 0.6 is 11.6 Å². The number of likely N-dealkylation sites (tertiary alicyclic amines) is 1. The number of alkyl halides is 6. The first kappa shape index (κ1) is 35.1. The van der Waals surface area contributed by atoms with E-state index in [0.717, 1.165) is 75.6 Å². The van der Waals surface area contributed by atoms with Crippen molar-refractivity contribution in [2.45, 2.75) is 146 Å². The van der Waals surface area contributed by atoms with Crippen LogP contribution in [-0.4, -0.2) is 58.1 Å². The smallest absolute Gasteiger partial charge is 0.453 e. The molecular formula is C35H50ClF6NO2. The number of rotatable bonds is 12. The number of hydrogen-bond donors (Lipinski definition) is 2. The molecule has 2 N–H and O–H groups in total. The van der Waals surface area contributed by atoms with Gasteiger partial charge in [-0.2, -0.15) is 22.0 Å². The second kappa shape index (κ2) is 13.4. The second-order valence-electron chi connectivity index (χ2n) is 15.1. The lowest BCUT2D eigenvalue weighted by molar-refractivity contribution is -0.284. The summed E-state index contributed by atoms with van der Waals surface area (Å²) in [6.07, 6.45) is 2.67. The number of phenolic OH excluding ortho intramolecular Hbond substituents is 1. The summed E-state index contributed by atoms with van der Waals surface area (Å²) >= 11 is 6.60. The summed E-state index contributed by atoms with van der Waals surface area (Å²) in [5.41, 5.74) is 0.425. The van der Waals surface area contributed by atoms with Crippen molar-refractivity contribution in [1.29, 1.82) is 0 Å². The highest BCUT2D eigenvalue weighted by Gasteiger charge is 2.64. The Morgan fingerprint density at radius 1 is 0.978 bits per heavy atom. The van der Waals surface area contributed by atoms with E-state index in [1.165, 1.54) is 0 Å². The van der Waals surface area contributed by atoms with Gasteiger partial charge in [0, 0.05) is 23.8 Å². The normalized spacial score (nSPS) is 35.3. The minimum absolute atomic E-state index is 0.0342. The average Bonchev–Trinajstić information content (AvgIpc) is 3.49. The minimum atomic E-state index is -5.47. The summed E-state index contributed by atoms with van der Waals surface area (Å²) in [5, 5.41) is 22.0. The van der Waals surface area contributed by atoms with Gasteiger partial charge >= 0.3 is 12.1 Å². The van der Waals surface area contributed by atoms with E-state index in [1.54, 1.807) is 6.07 Å². The maximum Gasteiger partial charge on any atom is 0.453 e. The summed E-state index contributed by atoms with van der Waals surface area (Å²) in [6, 6.07) is 3.80. The lowest BCUT2D eigenvalue weighted by Crippen LogP contribution is -2.55. The zero-order chi connectivity index (χ0) is 32.8. The van der Waals surface area contributed by atoms with E-state index in [4.69, 9.17) is 11.6 Å². The maximum atomic E-state index is 16.2. The van der Waals surface area contributed by atoms with Crippen molar-refractivity contribution < 1.29 is 36.6 Å². The fourth-order valence-corrected chi connectivity index (χ4v) is 10.0. The number of hydrogen-bond acceptors (Lipinski definition) is 3. The van der Waals surface area contributed by atoms with E-state index >= 15 is 4.39 Å². The van der Waals surface area contributed by atoms with Gasteiger partial charge in [-0.15, -0.1) is 0 Å². The molecule has 0 radical (unpaired) electrons. The molecular weight excluding hydrogens is 616 g/mol. The van der Waals surface area contributed by atoms with Crippen LogP contribution in [0, 0.1) is 23.2 Å². The van der Waals surface area contributed by atoms with E-state index in [2.05, 4.69) is 11.8 Å². The molecule has 3 aliphatic carbocycles. The molecule has 1 aromatic carbocycles. The standard InChI is InChI=1S/C35H50ClF6NO2/c1-32-21-27(37)30-24-13-14-28(44)31(36)25(24)20-22(29(30)26(32)15-17-33(32,2)45)10-5-4-8-18-43-19-9-12-23(43)11-6-3-7-16-34(38,39)35(40,41)42/h13-14,22-23,26-27,29-30,44-45H,3-12,15-21H2,1-2H3/t22-,23-,26+,27+,29+,30+,32+,33-/m1/s1. The summed E-state index contributed by atoms with van der Waals surface area (Å²) < 4.78 is 79.7. The molecule has 2 saturated carbocycles. The van der Waals surface area contributed by atoms with E-state index in [-0.39, 0.29) is 35.8 Å². The summed E-state index contributed by atoms with van der Waals surface area (Å²) in [5.74, 6) is -4.31. The number of phenols is 1. The Kier molecular flexibility index (Phi) is 10.4. The van der Waals surface area contributed by atoms with Crippen molar-refractivity contribution in [1.82, 2.24) is 4.90 Å². The van der Waals surface area contributed by atoms with E-state index in [0.29, 0.717) is 43.2 Å². The molecule has 0 bridgehead atoms. The van der Waals surface area contributed by atoms with Gasteiger partial charge < -0.3 is 15.1 Å². The Labute approximate surface area is 269 Å². The second-order valence-corrected chi connectivity index (χ2v) is 15.5. The Morgan fingerprint density at radius 3 is 2.42 bits per heavy atom. The number of nitrogens with zero attached hydrogens (tertiary/aromatic N) is 1. The Bertz CT molecular complexity index is 1180. The van der Waals surface area contributed by atoms with Crippen LogP contribution in [0.2, 0.25) is 5.02 Å². The quantitative estimate of drug-likeness (QED) is 0.173. The van der Waals surface area contributed by atoms with Gasteiger partial charge in [0.05, 0.1) is 10.6 Å². The van der Waals surface area contributed by atoms with Gasteiger partial charge in [-0.25, -0.2) is 4.39 Å². The Hall–Kier alpha value is -1.19. The third-order valence-corrected chi connectivity index (χ3v) is 12.9. The lowest BCUT2D eigenvalue weighted by Gasteiger charge is -2.56. The van der Waals surface area contributed by atoms with Crippen molar-refractivity contribution in [3.8, 4) is 5.75 Å². The first-order valence-electron chi connectivity index (χ1n) is 17.1. The third kappa shape index (κ3) is 6.88. The van der Waals surface area contributed by atoms with Crippen LogP contribution in [0.15, 0.2) is 12.1 Å². The van der Waals surface area contributed by atoms with Crippen LogP contribution in [0.1, 0.15) is 121 Å². The molecule has 0 aromatic heterocycles. The highest BCUT2D eigenvalue weighted by Crippen LogP contribution is 2.66. The Balaban J connectivity index is 1.14. The number of aromatic hydroxyl groups is 1. The first-order valence-corrected chi connectivity index (χ1v) is 17.5. The number of halogens is 7. The molecule has 3 fully saturated rings. The first-order chi connectivity index (χ1) is 21.1. The van der Waals surface area contributed by atoms with Crippen molar-refractivity contribution in [2.75, 3.05) is 13.1 Å². The highest BCUT2D eigenvalue weighted by atomic mass is 35.5. The molecule has 4 aliphatic rings. The maximum absolute atomic E-state index is 16.2. The molecule has 1 aliphatic heterocycles. The number of benzene rings is 1. The molecule has 5 rings (SSSR count). The van der Waals surface area contributed by atoms with Gasteiger partial charge in [0.25, 0.3) is 0 Å². The van der Waals surface area contributed by atoms with Crippen molar-refractivity contribution in [2.24, 2.45) is 23.2 Å². The zero-order valence-electron chi connectivity index (χ0n) is 26.6. The predicted octanol–water partition coefficient (Wildman–Crippen LogP) is 10.00. The molecule has 3 nitrogen and oxygen atoms in total. The SMILES string of the molecule is C[C@]12C[C@H](F)[C@@H]3c4ccc(O)c(Cl)c4C[C@@H](CCCCCN4CCC[C@H]4CCCCCC(F)(F)C(F)(F)F)[C@H]3[C@@H]1CC[C@@]2(C)O. The molecule has 0 spiro atoms. The van der Waals surface area contributed by atoms with Gasteiger partial charge in [0.15, 0.2) is 0 Å². The van der Waals surface area contributed by atoms with Gasteiger partial charge in [0.1, 0.15) is 11.9 Å². The molecule has 1 heterocycles. The van der Waals surface area contributed by atoms with Crippen LogP contribution in [0.25, 0.3) is 0 Å². The van der Waals surface area contributed by atoms with Gasteiger partial charge in [-0.1, -0.05) is 50.3 Å². The summed E-state index contributed by atoms with van der Waals surface area (Å²) in [7, 11) is 0. The van der Waals surface area contributed by atoms with Gasteiger partial charge in [-0.05, 0) is 119 Å². The zero-order valence-corrected chi connectivity index (χ0v) is 27.4. The number of aliphatic hydroxyl groups is 1. The molecule has 0 unspecified atom stereocenters. The van der Waals surface area contributed by atoms with E-state index in [1.807, 2.05) is 13.0 Å². The van der Waals surface area contributed by atoms with Crippen LogP contribution < -0.4 is 0 Å². The molecule has 10 heteroatoms. The number of unbranched alkanes of at least 4 members (excludes halogenated alkanes) is 4. The Morgan fingerprint density at radius 2 is 1.69 bits per heavy atom. The topological polar surface area (TPSA) is 43.7 Å². The number of fused-ring (bicyclic) bond motifs is 5. The molecule has 256 valence electrons. The molecule has 45 heavy (non-hydrogen) atoms. The molecule has 1 aromatic rings.